The summed E-state index contributed by atoms with van der Waals surface area (Å²) in [4.78, 5) is 27.6. The number of rotatable bonds is 2. The average molecular weight is 295 g/mol. The Hall–Kier alpha value is -1.86. The summed E-state index contributed by atoms with van der Waals surface area (Å²) in [6.45, 7) is 0. The van der Waals surface area contributed by atoms with E-state index in [0.717, 1.165) is 0 Å². The molecule has 2 heterocycles. The zero-order valence-electron chi connectivity index (χ0n) is 9.68. The molecular weight excluding hydrogens is 288 g/mol. The molecule has 1 aromatic heterocycles. The topological polar surface area (TPSA) is 76.9 Å². The number of fused-ring (bicyclic) bond motifs is 1. The van der Waals surface area contributed by atoms with Gasteiger partial charge < -0.3 is 5.32 Å². The number of ketones is 1. The summed E-state index contributed by atoms with van der Waals surface area (Å²) in [6, 6.07) is 3.16. The maximum atomic E-state index is 11.5. The van der Waals surface area contributed by atoms with Gasteiger partial charge in [0.2, 0.25) is 0 Å². The normalized spacial score (nSPS) is 13.6. The van der Waals surface area contributed by atoms with Gasteiger partial charge in [0.25, 0.3) is 11.7 Å². The molecule has 1 aromatic carbocycles. The number of anilines is 1. The van der Waals surface area contributed by atoms with E-state index in [-0.39, 0.29) is 0 Å². The maximum absolute atomic E-state index is 11.5. The van der Waals surface area contributed by atoms with Crippen molar-refractivity contribution in [1.29, 1.82) is 0 Å². The fourth-order valence-corrected chi connectivity index (χ4v) is 2.79. The van der Waals surface area contributed by atoms with E-state index in [0.29, 0.717) is 26.3 Å². The monoisotopic (exact) mass is 294 g/mol. The minimum atomic E-state index is -0.633. The van der Waals surface area contributed by atoms with Crippen molar-refractivity contribution in [3.63, 3.8) is 0 Å². The number of nitrogens with one attached hydrogen (secondary N) is 1. The molecule has 3 rings (SSSR count). The SMILES string of the molecule is Cn1ncnc1Sc1cc2c(cc1Cl)C(=O)C(=O)N2. The van der Waals surface area contributed by atoms with Crippen LogP contribution >= 0.6 is 23.4 Å². The molecule has 0 aliphatic carbocycles. The molecule has 0 saturated heterocycles. The predicted molar refractivity (Wildman–Crippen MR) is 69.5 cm³/mol. The fourth-order valence-electron chi connectivity index (χ4n) is 1.70. The van der Waals surface area contributed by atoms with Gasteiger partial charge in [0.15, 0.2) is 5.16 Å². The number of carbonyl (C=O) groups is 2. The summed E-state index contributed by atoms with van der Waals surface area (Å²) in [5, 5.41) is 7.53. The zero-order valence-corrected chi connectivity index (χ0v) is 11.2. The number of nitrogens with zero attached hydrogens (tertiary/aromatic N) is 3. The van der Waals surface area contributed by atoms with Crippen LogP contribution in [0.25, 0.3) is 0 Å². The Balaban J connectivity index is 2.01. The minimum Gasteiger partial charge on any atom is -0.318 e. The largest absolute Gasteiger partial charge is 0.318 e. The third-order valence-corrected chi connectivity index (χ3v) is 4.18. The lowest BCUT2D eigenvalue weighted by atomic mass is 10.1. The van der Waals surface area contributed by atoms with Crippen LogP contribution in [0.5, 0.6) is 0 Å². The molecule has 0 bridgehead atoms. The molecule has 2 aromatic rings. The smallest absolute Gasteiger partial charge is 0.296 e. The Labute approximate surface area is 117 Å². The van der Waals surface area contributed by atoms with Crippen LogP contribution in [-0.4, -0.2) is 26.5 Å². The quantitative estimate of drug-likeness (QED) is 0.854. The molecule has 19 heavy (non-hydrogen) atoms. The first-order valence-electron chi connectivity index (χ1n) is 5.27. The summed E-state index contributed by atoms with van der Waals surface area (Å²) in [6.07, 6.45) is 1.44. The highest BCUT2D eigenvalue weighted by molar-refractivity contribution is 7.99. The lowest BCUT2D eigenvalue weighted by Crippen LogP contribution is -2.12. The second-order valence-electron chi connectivity index (χ2n) is 3.88. The van der Waals surface area contributed by atoms with Gasteiger partial charge in [-0.15, -0.1) is 0 Å². The van der Waals surface area contributed by atoms with Crippen LogP contribution in [0.1, 0.15) is 10.4 Å². The van der Waals surface area contributed by atoms with Crippen LogP contribution < -0.4 is 5.32 Å². The molecule has 6 nitrogen and oxygen atoms in total. The lowest BCUT2D eigenvalue weighted by molar-refractivity contribution is -0.112. The minimum absolute atomic E-state index is 0.303. The molecule has 1 aliphatic rings. The lowest BCUT2D eigenvalue weighted by Gasteiger charge is -2.05. The molecule has 0 atom stereocenters. The van der Waals surface area contributed by atoms with Crippen LogP contribution in [0.3, 0.4) is 0 Å². The number of amides is 1. The van der Waals surface area contributed by atoms with Crippen LogP contribution in [0, 0.1) is 0 Å². The Kier molecular flexibility index (Phi) is 2.79. The number of halogens is 1. The van der Waals surface area contributed by atoms with Crippen LogP contribution in [0.15, 0.2) is 28.5 Å². The third-order valence-electron chi connectivity index (χ3n) is 2.64. The van der Waals surface area contributed by atoms with Gasteiger partial charge in [0, 0.05) is 11.9 Å². The average Bonchev–Trinajstić information content (AvgIpc) is 2.88. The molecule has 1 N–H and O–H groups in total. The van der Waals surface area contributed by atoms with Crippen molar-refractivity contribution in [2.75, 3.05) is 5.32 Å². The first-order valence-corrected chi connectivity index (χ1v) is 6.47. The van der Waals surface area contributed by atoms with Crippen molar-refractivity contribution < 1.29 is 9.59 Å². The standard InChI is InChI=1S/C11H7ClN4O2S/c1-16-11(13-4-14-16)19-8-3-7-5(2-6(8)12)9(17)10(18)15-7/h2-4H,1H3,(H,15,17,18). The summed E-state index contributed by atoms with van der Waals surface area (Å²) >= 11 is 7.43. The van der Waals surface area contributed by atoms with Gasteiger partial charge >= 0.3 is 0 Å². The second-order valence-corrected chi connectivity index (χ2v) is 5.30. The number of hydrogen-bond donors (Lipinski definition) is 1. The van der Waals surface area contributed by atoms with Gasteiger partial charge in [0.1, 0.15) is 6.33 Å². The number of aryl methyl sites for hydroxylation is 1. The van der Waals surface area contributed by atoms with Crippen molar-refractivity contribution in [3.05, 3.63) is 29.0 Å². The second kappa shape index (κ2) is 4.36. The number of aromatic nitrogens is 3. The molecule has 0 spiro atoms. The van der Waals surface area contributed by atoms with Crippen molar-refractivity contribution in [2.45, 2.75) is 10.1 Å². The first kappa shape index (κ1) is 12.2. The van der Waals surface area contributed by atoms with Gasteiger partial charge in [-0.25, -0.2) is 9.67 Å². The number of benzene rings is 1. The highest BCUT2D eigenvalue weighted by Crippen LogP contribution is 2.37. The Bertz CT molecular complexity index is 713. The van der Waals surface area contributed by atoms with Crippen molar-refractivity contribution >= 4 is 40.7 Å². The molecule has 0 saturated carbocycles. The van der Waals surface area contributed by atoms with Crippen LogP contribution in [0.2, 0.25) is 5.02 Å². The zero-order chi connectivity index (χ0) is 13.6. The van der Waals surface area contributed by atoms with Gasteiger partial charge in [-0.3, -0.25) is 9.59 Å². The Morgan fingerprint density at radius 3 is 2.84 bits per heavy atom. The predicted octanol–water partition coefficient (Wildman–Crippen LogP) is 1.75. The van der Waals surface area contributed by atoms with E-state index in [1.54, 1.807) is 17.8 Å². The van der Waals surface area contributed by atoms with Crippen molar-refractivity contribution in [3.8, 4) is 0 Å². The van der Waals surface area contributed by atoms with Gasteiger partial charge in [-0.05, 0) is 23.9 Å². The molecule has 1 aliphatic heterocycles. The van der Waals surface area contributed by atoms with Crippen molar-refractivity contribution in [1.82, 2.24) is 14.8 Å². The van der Waals surface area contributed by atoms with E-state index in [4.69, 9.17) is 11.6 Å². The first-order chi connectivity index (χ1) is 9.06. The van der Waals surface area contributed by atoms with E-state index >= 15 is 0 Å². The van der Waals surface area contributed by atoms with Crippen molar-refractivity contribution in [2.24, 2.45) is 7.05 Å². The van der Waals surface area contributed by atoms with Gasteiger partial charge in [0.05, 0.1) is 16.3 Å². The Morgan fingerprint density at radius 1 is 1.37 bits per heavy atom. The molecule has 0 radical (unpaired) electrons. The highest BCUT2D eigenvalue weighted by Gasteiger charge is 2.29. The number of carbonyl (C=O) groups excluding carboxylic acids is 2. The summed E-state index contributed by atoms with van der Waals surface area (Å²) in [5.74, 6) is -1.20. The highest BCUT2D eigenvalue weighted by atomic mass is 35.5. The maximum Gasteiger partial charge on any atom is 0.296 e. The van der Waals surface area contributed by atoms with E-state index in [1.807, 2.05) is 0 Å². The van der Waals surface area contributed by atoms with Crippen LogP contribution in [0.4, 0.5) is 5.69 Å². The molecule has 1 amide bonds. The van der Waals surface area contributed by atoms with E-state index in [1.165, 1.54) is 24.2 Å². The summed E-state index contributed by atoms with van der Waals surface area (Å²) in [7, 11) is 1.77. The summed E-state index contributed by atoms with van der Waals surface area (Å²) < 4.78 is 1.61. The molecule has 0 unspecified atom stereocenters. The van der Waals surface area contributed by atoms with Gasteiger partial charge in [-0.1, -0.05) is 11.6 Å². The van der Waals surface area contributed by atoms with E-state index in [9.17, 15) is 9.59 Å². The molecule has 0 fully saturated rings. The summed E-state index contributed by atoms with van der Waals surface area (Å²) in [5.41, 5.74) is 0.779. The molecule has 8 heteroatoms. The number of Topliss-reactive ketones (excluding diaryl/α,β-unsaturated/α-hetero) is 1. The molecule has 96 valence electrons. The molecular formula is C11H7ClN4O2S. The number of hydrogen-bond acceptors (Lipinski definition) is 5. The van der Waals surface area contributed by atoms with E-state index < -0.39 is 11.7 Å². The third kappa shape index (κ3) is 2.00. The Morgan fingerprint density at radius 2 is 2.16 bits per heavy atom. The van der Waals surface area contributed by atoms with Gasteiger partial charge in [-0.2, -0.15) is 5.10 Å². The van der Waals surface area contributed by atoms with E-state index in [2.05, 4.69) is 15.4 Å². The van der Waals surface area contributed by atoms with Crippen LogP contribution in [-0.2, 0) is 11.8 Å². The fraction of sp³-hybridized carbons (Fsp3) is 0.0909.